The Morgan fingerprint density at radius 1 is 1.15 bits per heavy atom. The van der Waals surface area contributed by atoms with Crippen LogP contribution in [0.15, 0.2) is 71.9 Å². The van der Waals surface area contributed by atoms with E-state index in [2.05, 4.69) is 25.9 Å². The molecule has 1 unspecified atom stereocenters. The van der Waals surface area contributed by atoms with E-state index in [0.717, 1.165) is 16.8 Å². The van der Waals surface area contributed by atoms with Gasteiger partial charge in [0, 0.05) is 50.4 Å². The quantitative estimate of drug-likeness (QED) is 0.236. The minimum absolute atomic E-state index is 0. The number of carbonyl (C=O) groups excluding carboxylic acids is 1. The van der Waals surface area contributed by atoms with E-state index in [-0.39, 0.29) is 41.6 Å². The Hall–Kier alpha value is -3.21. The van der Waals surface area contributed by atoms with Crippen molar-refractivity contribution in [1.82, 2.24) is 15.6 Å². The molecule has 0 aliphatic carbocycles. The maximum atomic E-state index is 13.0. The van der Waals surface area contributed by atoms with Crippen LogP contribution in [0.1, 0.15) is 23.5 Å². The first-order valence-corrected chi connectivity index (χ1v) is 10.3. The molecule has 3 N–H and O–H groups in total. The Kier molecular flexibility index (Phi) is 8.58. The molecular formula is C24H25FIN5O2. The van der Waals surface area contributed by atoms with E-state index in [0.29, 0.717) is 37.1 Å². The summed E-state index contributed by atoms with van der Waals surface area (Å²) in [6.07, 6.45) is 2.14. The number of amides is 1. The largest absolute Gasteiger partial charge is 0.439 e. The van der Waals surface area contributed by atoms with Crippen LogP contribution in [-0.2, 0) is 11.3 Å². The second-order valence-electron chi connectivity index (χ2n) is 7.40. The molecule has 0 bridgehead atoms. The summed E-state index contributed by atoms with van der Waals surface area (Å²) < 4.78 is 18.6. The Bertz CT molecular complexity index is 1110. The van der Waals surface area contributed by atoms with Gasteiger partial charge in [0.2, 0.25) is 11.8 Å². The van der Waals surface area contributed by atoms with Gasteiger partial charge in [0.15, 0.2) is 5.96 Å². The number of rotatable bonds is 6. The molecule has 172 valence electrons. The molecule has 7 nitrogen and oxygen atoms in total. The minimum Gasteiger partial charge on any atom is -0.439 e. The van der Waals surface area contributed by atoms with E-state index in [1.54, 1.807) is 31.4 Å². The zero-order valence-corrected chi connectivity index (χ0v) is 20.4. The highest BCUT2D eigenvalue weighted by Gasteiger charge is 2.24. The first-order valence-electron chi connectivity index (χ1n) is 10.3. The van der Waals surface area contributed by atoms with Gasteiger partial charge in [0.05, 0.1) is 0 Å². The number of carbonyl (C=O) groups is 1. The number of pyridine rings is 1. The average molecular weight is 561 g/mol. The van der Waals surface area contributed by atoms with Crippen LogP contribution in [0.25, 0.3) is 0 Å². The van der Waals surface area contributed by atoms with Crippen molar-refractivity contribution >= 4 is 41.5 Å². The number of hydrogen-bond acceptors (Lipinski definition) is 4. The predicted molar refractivity (Wildman–Crippen MR) is 137 cm³/mol. The van der Waals surface area contributed by atoms with Gasteiger partial charge < -0.3 is 20.7 Å². The fraction of sp³-hybridized carbons (Fsp3) is 0.208. The molecule has 1 aliphatic rings. The Labute approximate surface area is 208 Å². The first kappa shape index (κ1) is 24.4. The van der Waals surface area contributed by atoms with Gasteiger partial charge in [0.1, 0.15) is 11.6 Å². The third-order valence-electron chi connectivity index (χ3n) is 5.14. The number of guanidine groups is 1. The highest BCUT2D eigenvalue weighted by molar-refractivity contribution is 14.0. The van der Waals surface area contributed by atoms with Crippen LogP contribution in [0.2, 0.25) is 0 Å². The van der Waals surface area contributed by atoms with Crippen LogP contribution in [0.3, 0.4) is 0 Å². The van der Waals surface area contributed by atoms with E-state index in [1.165, 1.54) is 12.1 Å². The molecule has 1 aliphatic heterocycles. The fourth-order valence-electron chi connectivity index (χ4n) is 3.51. The summed E-state index contributed by atoms with van der Waals surface area (Å²) in [5.41, 5.74) is 2.94. The van der Waals surface area contributed by atoms with E-state index >= 15 is 0 Å². The molecule has 33 heavy (non-hydrogen) atoms. The van der Waals surface area contributed by atoms with Gasteiger partial charge in [-0.1, -0.05) is 24.3 Å². The summed E-state index contributed by atoms with van der Waals surface area (Å²) in [5, 5.41) is 9.47. The van der Waals surface area contributed by atoms with Gasteiger partial charge in [-0.15, -0.1) is 24.0 Å². The highest BCUT2D eigenvalue weighted by Crippen LogP contribution is 2.31. The fourth-order valence-corrected chi connectivity index (χ4v) is 3.51. The maximum absolute atomic E-state index is 13.0. The van der Waals surface area contributed by atoms with Crippen molar-refractivity contribution in [1.29, 1.82) is 0 Å². The van der Waals surface area contributed by atoms with E-state index < -0.39 is 0 Å². The molecule has 3 aromatic rings. The molecule has 0 fully saturated rings. The van der Waals surface area contributed by atoms with Crippen molar-refractivity contribution in [3.8, 4) is 11.6 Å². The van der Waals surface area contributed by atoms with E-state index in [4.69, 9.17) is 4.74 Å². The summed E-state index contributed by atoms with van der Waals surface area (Å²) in [4.78, 5) is 20.6. The van der Waals surface area contributed by atoms with Crippen LogP contribution in [0.4, 0.5) is 10.1 Å². The number of aromatic nitrogens is 1. The van der Waals surface area contributed by atoms with Crippen LogP contribution < -0.4 is 20.7 Å². The van der Waals surface area contributed by atoms with E-state index in [9.17, 15) is 9.18 Å². The zero-order chi connectivity index (χ0) is 22.3. The molecule has 0 saturated heterocycles. The van der Waals surface area contributed by atoms with Gasteiger partial charge in [-0.05, 0) is 41.5 Å². The maximum Gasteiger partial charge on any atom is 0.225 e. The lowest BCUT2D eigenvalue weighted by Gasteiger charge is -2.26. The van der Waals surface area contributed by atoms with Gasteiger partial charge in [-0.3, -0.25) is 9.79 Å². The van der Waals surface area contributed by atoms with Gasteiger partial charge in [0.25, 0.3) is 0 Å². The first-order chi connectivity index (χ1) is 15.6. The second-order valence-corrected chi connectivity index (χ2v) is 7.40. The third-order valence-corrected chi connectivity index (χ3v) is 5.14. The molecule has 2 aromatic carbocycles. The zero-order valence-electron chi connectivity index (χ0n) is 18.0. The van der Waals surface area contributed by atoms with Crippen molar-refractivity contribution in [3.05, 3.63) is 83.8 Å². The smallest absolute Gasteiger partial charge is 0.225 e. The van der Waals surface area contributed by atoms with Crippen molar-refractivity contribution in [3.63, 3.8) is 0 Å². The number of nitrogens with zero attached hydrogens (tertiary/aromatic N) is 2. The second kappa shape index (κ2) is 11.6. The predicted octanol–water partition coefficient (Wildman–Crippen LogP) is 4.42. The number of aliphatic imine (C=N–C) groups is 1. The van der Waals surface area contributed by atoms with Crippen LogP contribution >= 0.6 is 24.0 Å². The van der Waals surface area contributed by atoms with Crippen molar-refractivity contribution in [2.45, 2.75) is 18.9 Å². The van der Waals surface area contributed by atoms with Gasteiger partial charge >= 0.3 is 0 Å². The molecule has 0 radical (unpaired) electrons. The Morgan fingerprint density at radius 2 is 1.94 bits per heavy atom. The van der Waals surface area contributed by atoms with Crippen LogP contribution in [0.5, 0.6) is 11.6 Å². The molecule has 1 atom stereocenters. The Balaban J connectivity index is 0.00000306. The lowest BCUT2D eigenvalue weighted by Crippen LogP contribution is -2.40. The number of para-hydroxylation sites is 1. The number of fused-ring (bicyclic) bond motifs is 1. The molecule has 0 saturated carbocycles. The van der Waals surface area contributed by atoms with Crippen molar-refractivity contribution in [2.24, 2.45) is 4.99 Å². The molecule has 1 aromatic heterocycles. The van der Waals surface area contributed by atoms with E-state index in [1.807, 2.05) is 30.3 Å². The summed E-state index contributed by atoms with van der Waals surface area (Å²) >= 11 is 0. The number of nitrogens with one attached hydrogen (secondary N) is 3. The topological polar surface area (TPSA) is 87.6 Å². The number of halogens is 2. The molecule has 0 spiro atoms. The number of hydrogen-bond donors (Lipinski definition) is 3. The molecule has 4 rings (SSSR count). The Morgan fingerprint density at radius 3 is 2.67 bits per heavy atom. The molecular weight excluding hydrogens is 536 g/mol. The lowest BCUT2D eigenvalue weighted by atomic mass is 9.90. The SMILES string of the molecule is CN=C(NCc1ccc(Oc2ccc(F)cc2)nc1)NCC1CC(=O)Nc2ccccc21.I. The standard InChI is InChI=1S/C24H24FN5O2.HI/c1-26-24(29-15-17-12-22(31)30-21-5-3-2-4-20(17)21)28-14-16-6-11-23(27-13-16)32-19-9-7-18(25)8-10-19;/h2-11,13,17H,12,14-15H2,1H3,(H,30,31)(H2,26,28,29);1H. The molecule has 2 heterocycles. The molecule has 1 amide bonds. The summed E-state index contributed by atoms with van der Waals surface area (Å²) in [7, 11) is 1.70. The van der Waals surface area contributed by atoms with Crippen LogP contribution in [0, 0.1) is 5.82 Å². The van der Waals surface area contributed by atoms with Crippen LogP contribution in [-0.4, -0.2) is 30.4 Å². The van der Waals surface area contributed by atoms with Gasteiger partial charge in [-0.25, -0.2) is 9.37 Å². The summed E-state index contributed by atoms with van der Waals surface area (Å²) in [6, 6.07) is 17.3. The van der Waals surface area contributed by atoms with Crippen molar-refractivity contribution < 1.29 is 13.9 Å². The summed E-state index contributed by atoms with van der Waals surface area (Å²) in [5.74, 6) is 1.37. The number of ether oxygens (including phenoxy) is 1. The third kappa shape index (κ3) is 6.64. The van der Waals surface area contributed by atoms with Crippen molar-refractivity contribution in [2.75, 3.05) is 18.9 Å². The normalized spacial score (nSPS) is 15.0. The number of anilines is 1. The highest BCUT2D eigenvalue weighted by atomic mass is 127. The number of benzene rings is 2. The van der Waals surface area contributed by atoms with Gasteiger partial charge in [-0.2, -0.15) is 0 Å². The average Bonchev–Trinajstić information content (AvgIpc) is 2.81. The summed E-state index contributed by atoms with van der Waals surface area (Å²) in [6.45, 7) is 1.11. The molecule has 9 heteroatoms. The minimum atomic E-state index is -0.315. The lowest BCUT2D eigenvalue weighted by molar-refractivity contribution is -0.116. The monoisotopic (exact) mass is 561 g/mol.